The van der Waals surface area contributed by atoms with Crippen LogP contribution in [-0.2, 0) is 9.47 Å². The highest BCUT2D eigenvalue weighted by Gasteiger charge is 2.34. The number of rotatable bonds is 6. The molecule has 0 radical (unpaired) electrons. The Morgan fingerprint density at radius 1 is 1.25 bits per heavy atom. The fraction of sp³-hybridized carbons (Fsp3) is 1.00. The van der Waals surface area contributed by atoms with E-state index < -0.39 is 12.2 Å². The van der Waals surface area contributed by atoms with E-state index in [-0.39, 0.29) is 12.4 Å². The molecule has 0 unspecified atom stereocenters. The first-order valence-electron chi connectivity index (χ1n) is 6.28. The van der Waals surface area contributed by atoms with E-state index in [1.54, 1.807) is 6.92 Å². The second-order valence-corrected chi connectivity index (χ2v) is 4.50. The zero-order chi connectivity index (χ0) is 12.0. The maximum Gasteiger partial charge on any atom is 0.160 e. The number of aliphatic hydroxyl groups excluding tert-OH is 2. The van der Waals surface area contributed by atoms with Crippen LogP contribution in [0.25, 0.3) is 0 Å². The maximum absolute atomic E-state index is 9.55. The van der Waals surface area contributed by atoms with Gasteiger partial charge in [0.15, 0.2) is 6.29 Å². The van der Waals surface area contributed by atoms with Crippen molar-refractivity contribution >= 4 is 0 Å². The van der Waals surface area contributed by atoms with Crippen LogP contribution in [0.1, 0.15) is 46.0 Å². The summed E-state index contributed by atoms with van der Waals surface area (Å²) < 4.78 is 11.0. The number of aliphatic hydroxyl groups is 2. The predicted molar refractivity (Wildman–Crippen MR) is 61.1 cm³/mol. The van der Waals surface area contributed by atoms with Crippen molar-refractivity contribution in [3.8, 4) is 0 Å². The molecular weight excluding hydrogens is 208 g/mol. The van der Waals surface area contributed by atoms with Gasteiger partial charge in [0.1, 0.15) is 6.10 Å². The van der Waals surface area contributed by atoms with Gasteiger partial charge in [-0.3, -0.25) is 0 Å². The first-order valence-corrected chi connectivity index (χ1v) is 6.28. The highest BCUT2D eigenvalue weighted by molar-refractivity contribution is 4.79. The second kappa shape index (κ2) is 7.22. The molecule has 4 nitrogen and oxygen atoms in total. The molecule has 1 saturated heterocycles. The molecule has 1 fully saturated rings. The van der Waals surface area contributed by atoms with Crippen molar-refractivity contribution < 1.29 is 19.7 Å². The lowest BCUT2D eigenvalue weighted by atomic mass is 10.0. The first-order chi connectivity index (χ1) is 7.65. The molecule has 0 spiro atoms. The molecule has 2 N–H and O–H groups in total. The predicted octanol–water partition coefficient (Wildman–Crippen LogP) is 1.44. The van der Waals surface area contributed by atoms with E-state index in [0.717, 1.165) is 6.42 Å². The van der Waals surface area contributed by atoms with Crippen molar-refractivity contribution in [2.75, 3.05) is 6.61 Å². The quantitative estimate of drug-likeness (QED) is 0.680. The molecule has 0 aromatic carbocycles. The van der Waals surface area contributed by atoms with Crippen molar-refractivity contribution in [1.82, 2.24) is 0 Å². The summed E-state index contributed by atoms with van der Waals surface area (Å²) in [6, 6.07) is 0. The summed E-state index contributed by atoms with van der Waals surface area (Å²) in [5.74, 6) is 0. The van der Waals surface area contributed by atoms with Crippen LogP contribution in [0.3, 0.4) is 0 Å². The number of unbranched alkanes of at least 4 members (excludes halogenated alkanes) is 3. The summed E-state index contributed by atoms with van der Waals surface area (Å²) in [5.41, 5.74) is 0. The van der Waals surface area contributed by atoms with E-state index in [1.807, 2.05) is 0 Å². The number of hydrogen-bond acceptors (Lipinski definition) is 4. The minimum Gasteiger partial charge on any atom is -0.390 e. The Labute approximate surface area is 97.6 Å². The molecule has 1 aliphatic rings. The first kappa shape index (κ1) is 13.9. The van der Waals surface area contributed by atoms with Gasteiger partial charge in [-0.25, -0.2) is 0 Å². The average molecular weight is 232 g/mol. The molecular formula is C12H24O4. The average Bonchev–Trinajstić information content (AvgIpc) is 2.25. The largest absolute Gasteiger partial charge is 0.390 e. The van der Waals surface area contributed by atoms with Crippen LogP contribution in [0.5, 0.6) is 0 Å². The number of hydrogen-bond donors (Lipinski definition) is 2. The number of ether oxygens (including phenoxy) is 2. The summed E-state index contributed by atoms with van der Waals surface area (Å²) in [7, 11) is 0. The molecule has 16 heavy (non-hydrogen) atoms. The molecule has 0 saturated carbocycles. The van der Waals surface area contributed by atoms with Gasteiger partial charge in [0.2, 0.25) is 0 Å². The molecule has 4 atom stereocenters. The summed E-state index contributed by atoms with van der Waals surface area (Å²) in [6.45, 7) is 4.59. The van der Waals surface area contributed by atoms with Gasteiger partial charge in [-0.2, -0.15) is 0 Å². The normalized spacial score (nSPS) is 35.2. The molecule has 96 valence electrons. The minimum absolute atomic E-state index is 0.357. The van der Waals surface area contributed by atoms with E-state index in [4.69, 9.17) is 9.47 Å². The van der Waals surface area contributed by atoms with Gasteiger partial charge < -0.3 is 19.7 Å². The van der Waals surface area contributed by atoms with Crippen molar-refractivity contribution in [2.24, 2.45) is 0 Å². The van der Waals surface area contributed by atoms with Crippen LogP contribution in [0.2, 0.25) is 0 Å². The lowest BCUT2D eigenvalue weighted by Crippen LogP contribution is -2.47. The summed E-state index contributed by atoms with van der Waals surface area (Å²) >= 11 is 0. The van der Waals surface area contributed by atoms with E-state index in [2.05, 4.69) is 6.92 Å². The molecule has 0 bridgehead atoms. The van der Waals surface area contributed by atoms with Crippen LogP contribution in [0, 0.1) is 0 Å². The van der Waals surface area contributed by atoms with E-state index in [1.165, 1.54) is 19.3 Å². The SMILES string of the molecule is CCCCCCO[C@@H]1C[C@H](O)[C@@H](O)[C@H](C)O1. The van der Waals surface area contributed by atoms with E-state index >= 15 is 0 Å². The topological polar surface area (TPSA) is 58.9 Å². The Kier molecular flexibility index (Phi) is 6.28. The third kappa shape index (κ3) is 4.37. The van der Waals surface area contributed by atoms with Crippen LogP contribution in [0.4, 0.5) is 0 Å². The molecule has 1 rings (SSSR count). The Morgan fingerprint density at radius 2 is 2.00 bits per heavy atom. The van der Waals surface area contributed by atoms with E-state index in [0.29, 0.717) is 13.0 Å². The third-order valence-electron chi connectivity index (χ3n) is 2.98. The Morgan fingerprint density at radius 3 is 2.62 bits per heavy atom. The third-order valence-corrected chi connectivity index (χ3v) is 2.98. The molecule has 0 aromatic rings. The van der Waals surface area contributed by atoms with Crippen molar-refractivity contribution in [2.45, 2.75) is 70.6 Å². The van der Waals surface area contributed by atoms with Crippen LogP contribution in [0.15, 0.2) is 0 Å². The van der Waals surface area contributed by atoms with Gasteiger partial charge in [0.25, 0.3) is 0 Å². The van der Waals surface area contributed by atoms with Gasteiger partial charge in [-0.15, -0.1) is 0 Å². The summed E-state index contributed by atoms with van der Waals surface area (Å²) in [4.78, 5) is 0. The van der Waals surface area contributed by atoms with Gasteiger partial charge >= 0.3 is 0 Å². The van der Waals surface area contributed by atoms with Gasteiger partial charge in [-0.05, 0) is 13.3 Å². The maximum atomic E-state index is 9.55. The van der Waals surface area contributed by atoms with Gasteiger partial charge in [0, 0.05) is 13.0 Å². The van der Waals surface area contributed by atoms with Gasteiger partial charge in [0.05, 0.1) is 12.2 Å². The Balaban J connectivity index is 2.13. The second-order valence-electron chi connectivity index (χ2n) is 4.50. The molecule has 4 heteroatoms. The van der Waals surface area contributed by atoms with Crippen molar-refractivity contribution in [3.05, 3.63) is 0 Å². The summed E-state index contributed by atoms with van der Waals surface area (Å²) in [5, 5.41) is 19.0. The lowest BCUT2D eigenvalue weighted by Gasteiger charge is -2.35. The van der Waals surface area contributed by atoms with Crippen LogP contribution < -0.4 is 0 Å². The van der Waals surface area contributed by atoms with Gasteiger partial charge in [-0.1, -0.05) is 26.2 Å². The standard InChI is InChI=1S/C12H24O4/c1-3-4-5-6-7-15-11-8-10(13)12(14)9(2)16-11/h9-14H,3-8H2,1-2H3/t9-,10-,11-,12-/m0/s1. The molecule has 0 aliphatic carbocycles. The monoisotopic (exact) mass is 232 g/mol. The smallest absolute Gasteiger partial charge is 0.160 e. The van der Waals surface area contributed by atoms with E-state index in [9.17, 15) is 10.2 Å². The fourth-order valence-electron chi connectivity index (χ4n) is 1.88. The fourth-order valence-corrected chi connectivity index (χ4v) is 1.88. The minimum atomic E-state index is -0.792. The Bertz CT molecular complexity index is 174. The molecule has 0 amide bonds. The summed E-state index contributed by atoms with van der Waals surface area (Å²) in [6.07, 6.45) is 2.75. The van der Waals surface area contributed by atoms with Crippen molar-refractivity contribution in [3.63, 3.8) is 0 Å². The Hall–Kier alpha value is -0.160. The molecule has 1 heterocycles. The molecule has 1 aliphatic heterocycles. The highest BCUT2D eigenvalue weighted by atomic mass is 16.7. The van der Waals surface area contributed by atoms with Crippen LogP contribution >= 0.6 is 0 Å². The zero-order valence-corrected chi connectivity index (χ0v) is 10.3. The lowest BCUT2D eigenvalue weighted by molar-refractivity contribution is -0.246. The van der Waals surface area contributed by atoms with Crippen LogP contribution in [-0.4, -0.2) is 41.4 Å². The van der Waals surface area contributed by atoms with Crippen molar-refractivity contribution in [1.29, 1.82) is 0 Å². The highest BCUT2D eigenvalue weighted by Crippen LogP contribution is 2.21. The zero-order valence-electron chi connectivity index (χ0n) is 10.3. The molecule has 0 aromatic heterocycles.